The molecule has 0 fully saturated rings. The summed E-state index contributed by atoms with van der Waals surface area (Å²) >= 11 is 0. The molecule has 6 heteroatoms. The molecular weight excluding hydrogens is 450 g/mol. The van der Waals surface area contributed by atoms with E-state index in [1.54, 1.807) is 18.9 Å². The molecular formula is C30H45N3O3. The molecule has 198 valence electrons. The van der Waals surface area contributed by atoms with Gasteiger partial charge in [-0.1, -0.05) is 72.7 Å². The summed E-state index contributed by atoms with van der Waals surface area (Å²) in [6, 6.07) is 7.23. The first-order valence-electron chi connectivity index (χ1n) is 12.8. The zero-order valence-electron chi connectivity index (χ0n) is 24.0. The van der Waals surface area contributed by atoms with E-state index in [9.17, 15) is 14.4 Å². The van der Waals surface area contributed by atoms with Crippen molar-refractivity contribution in [3.8, 4) is 0 Å². The number of hydrogen-bond acceptors (Lipinski definition) is 3. The van der Waals surface area contributed by atoms with Crippen molar-refractivity contribution in [1.82, 2.24) is 14.8 Å². The lowest BCUT2D eigenvalue weighted by molar-refractivity contribution is -0.140. The molecule has 0 aliphatic heterocycles. The Kier molecular flexibility index (Phi) is 8.98. The first-order valence-corrected chi connectivity index (χ1v) is 12.8. The number of rotatable bonds is 9. The van der Waals surface area contributed by atoms with Gasteiger partial charge >= 0.3 is 0 Å². The molecule has 1 N–H and O–H groups in total. The smallest absolute Gasteiger partial charge is 0.245 e. The second kappa shape index (κ2) is 11.0. The number of benzene rings is 1. The van der Waals surface area contributed by atoms with E-state index < -0.39 is 16.9 Å². The minimum absolute atomic E-state index is 0.0159. The van der Waals surface area contributed by atoms with Gasteiger partial charge in [-0.05, 0) is 42.4 Å². The quantitative estimate of drug-likeness (QED) is 0.474. The minimum atomic E-state index is -0.703. The lowest BCUT2D eigenvalue weighted by Gasteiger charge is -2.38. The van der Waals surface area contributed by atoms with Gasteiger partial charge in [0, 0.05) is 43.0 Å². The van der Waals surface area contributed by atoms with Gasteiger partial charge in [-0.3, -0.25) is 14.4 Å². The van der Waals surface area contributed by atoms with Crippen LogP contribution in [0.25, 0.3) is 10.9 Å². The molecule has 2 aromatic rings. The second-order valence-corrected chi connectivity index (χ2v) is 12.2. The van der Waals surface area contributed by atoms with Crippen LogP contribution in [0.5, 0.6) is 0 Å². The van der Waals surface area contributed by atoms with Gasteiger partial charge in [0.15, 0.2) is 5.78 Å². The predicted molar refractivity (Wildman–Crippen MR) is 148 cm³/mol. The van der Waals surface area contributed by atoms with E-state index in [4.69, 9.17) is 0 Å². The number of allylic oxidation sites excluding steroid dienone is 1. The van der Waals surface area contributed by atoms with Crippen molar-refractivity contribution in [2.75, 3.05) is 7.05 Å². The van der Waals surface area contributed by atoms with E-state index >= 15 is 0 Å². The third-order valence-electron chi connectivity index (χ3n) is 7.10. The largest absolute Gasteiger partial charge is 0.350 e. The van der Waals surface area contributed by atoms with Crippen molar-refractivity contribution in [3.05, 3.63) is 47.7 Å². The van der Waals surface area contributed by atoms with Crippen LogP contribution in [-0.2, 0) is 26.8 Å². The Hall–Kier alpha value is -2.89. The van der Waals surface area contributed by atoms with E-state index in [-0.39, 0.29) is 36.0 Å². The van der Waals surface area contributed by atoms with Crippen LogP contribution in [0, 0.1) is 11.3 Å². The number of aromatic nitrogens is 1. The molecule has 0 bridgehead atoms. The molecule has 2 atom stereocenters. The van der Waals surface area contributed by atoms with Gasteiger partial charge in [0.1, 0.15) is 6.04 Å². The summed E-state index contributed by atoms with van der Waals surface area (Å²) in [6.45, 7) is 17.4. The summed E-state index contributed by atoms with van der Waals surface area (Å²) in [4.78, 5) is 40.6. The maximum absolute atomic E-state index is 13.7. The van der Waals surface area contributed by atoms with Crippen molar-refractivity contribution in [2.24, 2.45) is 18.4 Å². The molecule has 1 heterocycles. The van der Waals surface area contributed by atoms with E-state index in [0.29, 0.717) is 5.57 Å². The molecule has 0 aliphatic carbocycles. The minimum Gasteiger partial charge on any atom is -0.350 e. The Morgan fingerprint density at radius 1 is 1.06 bits per heavy atom. The van der Waals surface area contributed by atoms with E-state index in [1.807, 2.05) is 59.9 Å². The van der Waals surface area contributed by atoms with Crippen LogP contribution in [0.2, 0.25) is 0 Å². The number of nitrogens with one attached hydrogen (secondary N) is 1. The van der Waals surface area contributed by atoms with Gasteiger partial charge in [-0.2, -0.15) is 0 Å². The number of likely N-dealkylation sites (N-methyl/N-ethyl adjacent to an activating group) is 1. The number of aryl methyl sites for hydroxylation is 1. The topological polar surface area (TPSA) is 71.4 Å². The number of ketones is 1. The van der Waals surface area contributed by atoms with Crippen molar-refractivity contribution in [3.63, 3.8) is 0 Å². The number of amides is 2. The maximum Gasteiger partial charge on any atom is 0.245 e. The van der Waals surface area contributed by atoms with Crippen LogP contribution in [0.3, 0.4) is 0 Å². The van der Waals surface area contributed by atoms with Crippen LogP contribution >= 0.6 is 0 Å². The fraction of sp³-hybridized carbons (Fsp3) is 0.567. The third kappa shape index (κ3) is 6.65. The van der Waals surface area contributed by atoms with E-state index in [0.717, 1.165) is 16.5 Å². The molecule has 2 amide bonds. The van der Waals surface area contributed by atoms with Crippen LogP contribution in [0.1, 0.15) is 74.3 Å². The maximum atomic E-state index is 13.7. The molecule has 36 heavy (non-hydrogen) atoms. The molecule has 1 aromatic heterocycles. The van der Waals surface area contributed by atoms with Crippen molar-refractivity contribution < 1.29 is 14.4 Å². The molecule has 0 aliphatic rings. The van der Waals surface area contributed by atoms with Crippen LogP contribution in [0.4, 0.5) is 0 Å². The number of nitrogens with zero attached hydrogens (tertiary/aromatic N) is 2. The fourth-order valence-corrected chi connectivity index (χ4v) is 4.71. The van der Waals surface area contributed by atoms with Crippen LogP contribution in [-0.4, -0.2) is 46.2 Å². The van der Waals surface area contributed by atoms with Gasteiger partial charge in [0.05, 0.1) is 6.04 Å². The first kappa shape index (κ1) is 29.3. The first-order chi connectivity index (χ1) is 16.5. The molecule has 2 unspecified atom stereocenters. The van der Waals surface area contributed by atoms with E-state index in [2.05, 4.69) is 42.1 Å². The number of fused-ring (bicyclic) bond motifs is 1. The molecule has 1 aromatic carbocycles. The molecule has 0 saturated carbocycles. The number of hydrogen-bond donors (Lipinski definition) is 1. The Bertz CT molecular complexity index is 1150. The molecule has 0 radical (unpaired) electrons. The molecule has 6 nitrogen and oxygen atoms in total. The number of Topliss-reactive ketones (excluding diaryl/α,β-unsaturated/α-hetero) is 1. The standard InChI is InChI=1S/C30H45N3O3/c1-19(2)25(16-20(3)21(4)34)33(11)28(36)27(29(5,6)7)31-26(35)17-30(8,9)23-18-32(10)24-15-13-12-14-22(23)24/h12-16,18-19,25,27H,17H2,1-11H3,(H,31,35)/b20-16+. The summed E-state index contributed by atoms with van der Waals surface area (Å²) in [6.07, 6.45) is 4.20. The average Bonchev–Trinajstić information content (AvgIpc) is 3.11. The summed E-state index contributed by atoms with van der Waals surface area (Å²) in [5.74, 6) is -0.232. The summed E-state index contributed by atoms with van der Waals surface area (Å²) in [5, 5.41) is 4.20. The summed E-state index contributed by atoms with van der Waals surface area (Å²) in [7, 11) is 3.77. The third-order valence-corrected chi connectivity index (χ3v) is 7.10. The Balaban J connectivity index is 2.30. The number of para-hydroxylation sites is 1. The SMILES string of the molecule is CC(=O)/C(C)=C/C(C(C)C)N(C)C(=O)C(NC(=O)CC(C)(C)c1cn(C)c2ccccc12)C(C)(C)C. The molecule has 2 rings (SSSR count). The monoisotopic (exact) mass is 495 g/mol. The highest BCUT2D eigenvalue weighted by atomic mass is 16.2. The number of carbonyl (C=O) groups excluding carboxylic acids is 3. The highest BCUT2D eigenvalue weighted by Crippen LogP contribution is 2.34. The lowest BCUT2D eigenvalue weighted by atomic mass is 9.80. The Morgan fingerprint density at radius 3 is 2.17 bits per heavy atom. The zero-order valence-corrected chi connectivity index (χ0v) is 24.0. The number of carbonyl (C=O) groups is 3. The fourth-order valence-electron chi connectivity index (χ4n) is 4.71. The highest BCUT2D eigenvalue weighted by molar-refractivity contribution is 5.93. The molecule has 0 saturated heterocycles. The van der Waals surface area contributed by atoms with Crippen molar-refractivity contribution in [1.29, 1.82) is 0 Å². The van der Waals surface area contributed by atoms with Gasteiger partial charge in [0.25, 0.3) is 0 Å². The van der Waals surface area contributed by atoms with Crippen molar-refractivity contribution in [2.45, 2.75) is 86.2 Å². The lowest BCUT2D eigenvalue weighted by Crippen LogP contribution is -2.56. The van der Waals surface area contributed by atoms with Gasteiger partial charge in [-0.25, -0.2) is 0 Å². The van der Waals surface area contributed by atoms with Gasteiger partial charge in [0.2, 0.25) is 11.8 Å². The van der Waals surface area contributed by atoms with E-state index in [1.165, 1.54) is 6.92 Å². The summed E-state index contributed by atoms with van der Waals surface area (Å²) < 4.78 is 2.09. The Morgan fingerprint density at radius 2 is 1.64 bits per heavy atom. The normalized spacial score (nSPS) is 14.6. The van der Waals surface area contributed by atoms with Crippen molar-refractivity contribution >= 4 is 28.5 Å². The molecule has 0 spiro atoms. The summed E-state index contributed by atoms with van der Waals surface area (Å²) in [5.41, 5.74) is 1.94. The Labute approximate surface area is 217 Å². The van der Waals surface area contributed by atoms with Crippen LogP contribution < -0.4 is 5.32 Å². The second-order valence-electron chi connectivity index (χ2n) is 12.2. The predicted octanol–water partition coefficient (Wildman–Crippen LogP) is 5.40. The average molecular weight is 496 g/mol. The van der Waals surface area contributed by atoms with Gasteiger partial charge < -0.3 is 14.8 Å². The highest BCUT2D eigenvalue weighted by Gasteiger charge is 2.38. The van der Waals surface area contributed by atoms with Gasteiger partial charge in [-0.15, -0.1) is 0 Å². The zero-order chi connectivity index (χ0) is 27.6. The van der Waals surface area contributed by atoms with Crippen LogP contribution in [0.15, 0.2) is 42.1 Å².